The molecule has 3 rings (SSSR count). The van der Waals surface area contributed by atoms with E-state index in [2.05, 4.69) is 32.9 Å². The van der Waals surface area contributed by atoms with Crippen LogP contribution in [0.5, 0.6) is 0 Å². The summed E-state index contributed by atoms with van der Waals surface area (Å²) in [6.07, 6.45) is 15.3. The number of aliphatic hydroxyl groups is 2. The van der Waals surface area contributed by atoms with Crippen molar-refractivity contribution in [2.24, 2.45) is 41.4 Å². The largest absolute Gasteiger partial charge is 0.481 e. The molecule has 3 fully saturated rings. The molecular weight excluding hydrogens is 388 g/mol. The smallest absolute Gasteiger partial charge is 0.303 e. The molecule has 0 amide bonds. The maximum atomic E-state index is 11.0. The topological polar surface area (TPSA) is 77.8 Å². The van der Waals surface area contributed by atoms with Crippen molar-refractivity contribution < 1.29 is 20.1 Å². The molecule has 176 valence electrons. The number of hydrogen-bond acceptors (Lipinski definition) is 3. The highest BCUT2D eigenvalue weighted by Gasteiger charge is 2.45. The van der Waals surface area contributed by atoms with E-state index in [0.29, 0.717) is 36.0 Å². The lowest BCUT2D eigenvalue weighted by atomic mass is 9.66. The minimum absolute atomic E-state index is 0.131. The quantitative estimate of drug-likeness (QED) is 0.328. The number of fused-ring (bicyclic) bond motifs is 1. The van der Waals surface area contributed by atoms with Gasteiger partial charge in [-0.2, -0.15) is 0 Å². The first-order valence-corrected chi connectivity index (χ1v) is 12.7. The standard InChI is InChI=1S/C27H44O4/c1-4-7-19-12-17(2)27(18(3)13-19)24(28)11-10-22-23-15-20(8-5-6-9-26(30)31)14-21(23)16-25(22)29/h8,10-11,17-19,21-25,27-29H,4-7,9,12-16H2,1-3H3,(H,30,31)/b11-10+,20-8+/t17?,18?,19?,21-,22-,23+,24+,25-,27?/m1/s1. The monoisotopic (exact) mass is 432 g/mol. The average Bonchev–Trinajstić information content (AvgIpc) is 3.19. The zero-order chi connectivity index (χ0) is 22.5. The number of carbonyl (C=O) groups is 1. The fraction of sp³-hybridized carbons (Fsp3) is 0.815. The molecule has 3 N–H and O–H groups in total. The van der Waals surface area contributed by atoms with Crippen LogP contribution in [0.25, 0.3) is 0 Å². The molecule has 4 heteroatoms. The van der Waals surface area contributed by atoms with Gasteiger partial charge in [-0.15, -0.1) is 0 Å². The Balaban J connectivity index is 1.56. The second kappa shape index (κ2) is 11.1. The lowest BCUT2D eigenvalue weighted by Gasteiger charge is -2.41. The molecule has 0 heterocycles. The second-order valence-electron chi connectivity index (χ2n) is 10.9. The summed E-state index contributed by atoms with van der Waals surface area (Å²) in [6.45, 7) is 6.87. The minimum Gasteiger partial charge on any atom is -0.481 e. The molecule has 0 bridgehead atoms. The highest BCUT2D eigenvalue weighted by molar-refractivity contribution is 5.66. The Labute approximate surface area is 188 Å². The average molecular weight is 433 g/mol. The normalized spacial score (nSPS) is 40.5. The van der Waals surface area contributed by atoms with E-state index in [-0.39, 0.29) is 18.4 Å². The van der Waals surface area contributed by atoms with E-state index >= 15 is 0 Å². The molecule has 0 aromatic rings. The third-order valence-electron chi connectivity index (χ3n) is 8.48. The van der Waals surface area contributed by atoms with Gasteiger partial charge in [-0.25, -0.2) is 0 Å². The summed E-state index contributed by atoms with van der Waals surface area (Å²) >= 11 is 0. The Kier molecular flexibility index (Phi) is 8.81. The number of carboxylic acid groups (broad SMARTS) is 1. The van der Waals surface area contributed by atoms with Crippen LogP contribution in [0.2, 0.25) is 0 Å². The van der Waals surface area contributed by atoms with Crippen molar-refractivity contribution in [2.45, 2.75) is 97.2 Å². The number of aliphatic carboxylic acids is 1. The third kappa shape index (κ3) is 6.22. The summed E-state index contributed by atoms with van der Waals surface area (Å²) in [7, 11) is 0. The van der Waals surface area contributed by atoms with Gasteiger partial charge >= 0.3 is 5.97 Å². The van der Waals surface area contributed by atoms with Crippen LogP contribution in [-0.4, -0.2) is 33.5 Å². The van der Waals surface area contributed by atoms with Crippen LogP contribution in [-0.2, 0) is 4.79 Å². The van der Waals surface area contributed by atoms with Crippen molar-refractivity contribution >= 4 is 5.97 Å². The summed E-state index contributed by atoms with van der Waals surface area (Å²) < 4.78 is 0. The molecular formula is C27H44O4. The Hall–Kier alpha value is -1.13. The molecule has 0 spiro atoms. The van der Waals surface area contributed by atoms with Crippen LogP contribution in [0.4, 0.5) is 0 Å². The van der Waals surface area contributed by atoms with E-state index in [1.807, 2.05) is 6.08 Å². The molecule has 3 saturated carbocycles. The predicted octanol–water partition coefficient (Wildman–Crippen LogP) is 5.59. The van der Waals surface area contributed by atoms with Gasteiger partial charge in [0.2, 0.25) is 0 Å². The van der Waals surface area contributed by atoms with E-state index < -0.39 is 12.1 Å². The molecule has 3 aliphatic rings. The molecule has 31 heavy (non-hydrogen) atoms. The van der Waals surface area contributed by atoms with Crippen LogP contribution >= 0.6 is 0 Å². The predicted molar refractivity (Wildman–Crippen MR) is 124 cm³/mol. The van der Waals surface area contributed by atoms with Gasteiger partial charge in [0.15, 0.2) is 0 Å². The Bertz CT molecular complexity index is 642. The molecule has 0 aromatic carbocycles. The maximum Gasteiger partial charge on any atom is 0.303 e. The van der Waals surface area contributed by atoms with Gasteiger partial charge < -0.3 is 15.3 Å². The van der Waals surface area contributed by atoms with Crippen molar-refractivity contribution in [1.29, 1.82) is 0 Å². The number of unbranched alkanes of at least 4 members (excludes halogenated alkanes) is 1. The second-order valence-corrected chi connectivity index (χ2v) is 10.9. The first kappa shape index (κ1) is 24.5. The van der Waals surface area contributed by atoms with E-state index in [4.69, 9.17) is 5.11 Å². The maximum absolute atomic E-state index is 11.0. The molecule has 4 nitrogen and oxygen atoms in total. The number of rotatable bonds is 9. The Morgan fingerprint density at radius 3 is 2.52 bits per heavy atom. The van der Waals surface area contributed by atoms with Crippen molar-refractivity contribution in [3.8, 4) is 0 Å². The SMILES string of the molecule is CCCC1CC(C)C([C@@H](O)/C=C/[C@@H]2[C@H]3C/C(=C/CCCC(=O)O)C[C@@H]3C[C@H]2O)C(C)C1. The zero-order valence-corrected chi connectivity index (χ0v) is 19.7. The Morgan fingerprint density at radius 1 is 1.16 bits per heavy atom. The zero-order valence-electron chi connectivity index (χ0n) is 19.7. The van der Waals surface area contributed by atoms with E-state index in [1.54, 1.807) is 0 Å². The Morgan fingerprint density at radius 2 is 1.87 bits per heavy atom. The van der Waals surface area contributed by atoms with E-state index in [9.17, 15) is 15.0 Å². The molecule has 0 saturated heterocycles. The van der Waals surface area contributed by atoms with E-state index in [0.717, 1.165) is 31.6 Å². The van der Waals surface area contributed by atoms with Gasteiger partial charge in [-0.3, -0.25) is 4.79 Å². The van der Waals surface area contributed by atoms with Crippen LogP contribution in [0.3, 0.4) is 0 Å². The van der Waals surface area contributed by atoms with Crippen LogP contribution < -0.4 is 0 Å². The van der Waals surface area contributed by atoms with E-state index in [1.165, 1.54) is 31.3 Å². The lowest BCUT2D eigenvalue weighted by Crippen LogP contribution is -2.37. The van der Waals surface area contributed by atoms with Crippen molar-refractivity contribution in [1.82, 2.24) is 0 Å². The summed E-state index contributed by atoms with van der Waals surface area (Å²) in [5.74, 6) is 2.57. The van der Waals surface area contributed by atoms with Crippen molar-refractivity contribution in [3.63, 3.8) is 0 Å². The number of carboxylic acids is 1. The number of aliphatic hydroxyl groups excluding tert-OH is 2. The third-order valence-corrected chi connectivity index (χ3v) is 8.48. The lowest BCUT2D eigenvalue weighted by molar-refractivity contribution is -0.137. The summed E-state index contributed by atoms with van der Waals surface area (Å²) in [5.41, 5.74) is 1.43. The van der Waals surface area contributed by atoms with Crippen molar-refractivity contribution in [2.75, 3.05) is 0 Å². The summed E-state index contributed by atoms with van der Waals surface area (Å²) in [4.78, 5) is 10.7. The highest BCUT2D eigenvalue weighted by Crippen LogP contribution is 2.51. The first-order chi connectivity index (χ1) is 14.8. The summed E-state index contributed by atoms with van der Waals surface area (Å²) in [5, 5.41) is 30.5. The summed E-state index contributed by atoms with van der Waals surface area (Å²) in [6, 6.07) is 0. The molecule has 0 aromatic heterocycles. The van der Waals surface area contributed by atoms with Gasteiger partial charge in [-0.05, 0) is 80.5 Å². The van der Waals surface area contributed by atoms with Crippen LogP contribution in [0.15, 0.2) is 23.8 Å². The van der Waals surface area contributed by atoms with Gasteiger partial charge in [0.05, 0.1) is 12.2 Å². The highest BCUT2D eigenvalue weighted by atomic mass is 16.4. The number of hydrogen-bond donors (Lipinski definition) is 3. The van der Waals surface area contributed by atoms with Crippen LogP contribution in [0, 0.1) is 41.4 Å². The first-order valence-electron chi connectivity index (χ1n) is 12.7. The van der Waals surface area contributed by atoms with Gasteiger partial charge in [0.25, 0.3) is 0 Å². The molecule has 3 aliphatic carbocycles. The number of allylic oxidation sites excluding steroid dienone is 2. The van der Waals surface area contributed by atoms with Gasteiger partial charge in [0, 0.05) is 12.3 Å². The van der Waals surface area contributed by atoms with Gasteiger partial charge in [0.1, 0.15) is 0 Å². The molecule has 0 aliphatic heterocycles. The van der Waals surface area contributed by atoms with Crippen molar-refractivity contribution in [3.05, 3.63) is 23.8 Å². The molecule has 0 radical (unpaired) electrons. The fourth-order valence-electron chi connectivity index (χ4n) is 7.21. The van der Waals surface area contributed by atoms with Crippen LogP contribution in [0.1, 0.15) is 85.0 Å². The molecule has 7 atom stereocenters. The fourth-order valence-corrected chi connectivity index (χ4v) is 7.21. The van der Waals surface area contributed by atoms with Gasteiger partial charge in [-0.1, -0.05) is 57.4 Å². The minimum atomic E-state index is -0.726. The molecule has 2 unspecified atom stereocenters.